The Morgan fingerprint density at radius 3 is 2.62 bits per heavy atom. The van der Waals surface area contributed by atoms with E-state index in [4.69, 9.17) is 14.7 Å². The average Bonchev–Trinajstić information content (AvgIpc) is 3.44. The van der Waals surface area contributed by atoms with Gasteiger partial charge in [0.2, 0.25) is 11.8 Å². The number of carbonyl (C=O) groups is 1. The monoisotopic (exact) mass is 465 g/mol. The first-order chi connectivity index (χ1) is 16.4. The van der Waals surface area contributed by atoms with Gasteiger partial charge in [0.15, 0.2) is 5.82 Å². The lowest BCUT2D eigenvalue weighted by molar-refractivity contribution is -0.129. The predicted molar refractivity (Wildman–Crippen MR) is 128 cm³/mol. The molecule has 1 fully saturated rings. The van der Waals surface area contributed by atoms with Crippen LogP contribution in [0.4, 0.5) is 5.82 Å². The molecule has 11 heteroatoms. The van der Waals surface area contributed by atoms with Gasteiger partial charge in [-0.15, -0.1) is 0 Å². The zero-order chi connectivity index (χ0) is 23.8. The standard InChI is InChI=1S/C23H31N9O2/c1-16(2)32-22(24-15-25-32)18-13-31-11-12-34-23-17(21(31)26-18)5-6-19(27-23)30-9-7-29(8-10-30)14-20(33)28(3)4/h5-6,13,15-16H,7-12,14H2,1-4H3. The summed E-state index contributed by atoms with van der Waals surface area (Å²) in [6.45, 7) is 9.09. The van der Waals surface area contributed by atoms with E-state index in [1.165, 1.54) is 0 Å². The highest BCUT2D eigenvalue weighted by Gasteiger charge is 2.25. The van der Waals surface area contributed by atoms with Crippen LogP contribution in [0.25, 0.3) is 22.9 Å². The molecule has 34 heavy (non-hydrogen) atoms. The molecule has 0 aromatic carbocycles. The molecule has 180 valence electrons. The molecule has 0 bridgehead atoms. The fourth-order valence-electron chi connectivity index (χ4n) is 4.32. The quantitative estimate of drug-likeness (QED) is 0.558. The van der Waals surface area contributed by atoms with Gasteiger partial charge >= 0.3 is 0 Å². The summed E-state index contributed by atoms with van der Waals surface area (Å²) in [6.07, 6.45) is 3.58. The number of hydrogen-bond donors (Lipinski definition) is 0. The van der Waals surface area contributed by atoms with Crippen molar-refractivity contribution in [3.8, 4) is 28.8 Å². The summed E-state index contributed by atoms with van der Waals surface area (Å²) in [5.41, 5.74) is 1.67. The van der Waals surface area contributed by atoms with Gasteiger partial charge in [-0.1, -0.05) is 0 Å². The van der Waals surface area contributed by atoms with Gasteiger partial charge < -0.3 is 19.1 Å². The number of imidazole rings is 1. The molecule has 5 heterocycles. The van der Waals surface area contributed by atoms with Crippen LogP contribution in [-0.2, 0) is 11.3 Å². The van der Waals surface area contributed by atoms with Crippen LogP contribution in [0.2, 0.25) is 0 Å². The molecule has 0 saturated carbocycles. The van der Waals surface area contributed by atoms with Crippen LogP contribution in [-0.4, -0.2) is 98.4 Å². The van der Waals surface area contributed by atoms with Crippen molar-refractivity contribution in [2.75, 3.05) is 58.3 Å². The van der Waals surface area contributed by atoms with E-state index in [0.717, 1.165) is 54.9 Å². The van der Waals surface area contributed by atoms with E-state index in [1.807, 2.05) is 23.0 Å². The molecule has 0 aliphatic carbocycles. The fourth-order valence-corrected chi connectivity index (χ4v) is 4.32. The summed E-state index contributed by atoms with van der Waals surface area (Å²) < 4.78 is 10.0. The molecule has 3 aromatic rings. The molecule has 3 aromatic heterocycles. The lowest BCUT2D eigenvalue weighted by Gasteiger charge is -2.35. The molecule has 0 atom stereocenters. The SMILES string of the molecule is CC(C)n1ncnc1-c1cn2c(n1)-c1ccc(N3CCN(CC(=O)N(C)C)CC3)nc1OCC2. The summed E-state index contributed by atoms with van der Waals surface area (Å²) >= 11 is 0. The molecule has 2 aliphatic rings. The van der Waals surface area contributed by atoms with E-state index in [-0.39, 0.29) is 11.9 Å². The number of rotatable bonds is 5. The van der Waals surface area contributed by atoms with Crippen molar-refractivity contribution >= 4 is 11.7 Å². The molecule has 0 radical (unpaired) electrons. The first-order valence-electron chi connectivity index (χ1n) is 11.7. The molecular weight excluding hydrogens is 434 g/mol. The number of ether oxygens (including phenoxy) is 1. The maximum Gasteiger partial charge on any atom is 0.236 e. The minimum Gasteiger partial charge on any atom is -0.475 e. The number of amides is 1. The Labute approximate surface area is 199 Å². The number of nitrogens with zero attached hydrogens (tertiary/aromatic N) is 9. The highest BCUT2D eigenvalue weighted by atomic mass is 16.5. The molecule has 2 aliphatic heterocycles. The molecular formula is C23H31N9O2. The van der Waals surface area contributed by atoms with Crippen LogP contribution in [0, 0.1) is 0 Å². The summed E-state index contributed by atoms with van der Waals surface area (Å²) in [6, 6.07) is 4.27. The fraction of sp³-hybridized carbons (Fsp3) is 0.522. The van der Waals surface area contributed by atoms with Crippen molar-refractivity contribution in [3.63, 3.8) is 0 Å². The minimum atomic E-state index is 0.131. The second kappa shape index (κ2) is 9.05. The molecule has 11 nitrogen and oxygen atoms in total. The number of piperazine rings is 1. The first kappa shape index (κ1) is 22.3. The van der Waals surface area contributed by atoms with E-state index in [9.17, 15) is 4.79 Å². The van der Waals surface area contributed by atoms with Crippen molar-refractivity contribution in [2.45, 2.75) is 26.4 Å². The second-order valence-corrected chi connectivity index (χ2v) is 9.19. The molecule has 1 amide bonds. The van der Waals surface area contributed by atoms with Crippen molar-refractivity contribution in [1.82, 2.24) is 39.1 Å². The van der Waals surface area contributed by atoms with Crippen LogP contribution < -0.4 is 9.64 Å². The Balaban J connectivity index is 1.36. The molecule has 0 unspecified atom stereocenters. The Kier molecular flexibility index (Phi) is 5.94. The second-order valence-electron chi connectivity index (χ2n) is 9.19. The lowest BCUT2D eigenvalue weighted by Crippen LogP contribution is -2.49. The summed E-state index contributed by atoms with van der Waals surface area (Å²) in [5.74, 6) is 3.20. The highest BCUT2D eigenvalue weighted by Crippen LogP contribution is 2.34. The summed E-state index contributed by atoms with van der Waals surface area (Å²) in [7, 11) is 3.59. The zero-order valence-electron chi connectivity index (χ0n) is 20.2. The number of likely N-dealkylation sites (N-methyl/N-ethyl adjacent to an activating group) is 1. The summed E-state index contributed by atoms with van der Waals surface area (Å²) in [5, 5.41) is 4.34. The Hall–Kier alpha value is -3.47. The van der Waals surface area contributed by atoms with Gasteiger partial charge in [0, 0.05) is 52.5 Å². The van der Waals surface area contributed by atoms with Gasteiger partial charge in [-0.2, -0.15) is 10.1 Å². The van der Waals surface area contributed by atoms with Crippen molar-refractivity contribution < 1.29 is 9.53 Å². The molecule has 0 spiro atoms. The van der Waals surface area contributed by atoms with Crippen LogP contribution in [0.3, 0.4) is 0 Å². The van der Waals surface area contributed by atoms with E-state index >= 15 is 0 Å². The van der Waals surface area contributed by atoms with Gasteiger partial charge in [-0.3, -0.25) is 9.69 Å². The third-order valence-electron chi connectivity index (χ3n) is 6.28. The van der Waals surface area contributed by atoms with Crippen LogP contribution in [0.5, 0.6) is 5.88 Å². The van der Waals surface area contributed by atoms with Gasteiger partial charge in [0.1, 0.15) is 30.3 Å². The Bertz CT molecular complexity index is 1180. The van der Waals surface area contributed by atoms with Crippen LogP contribution in [0.1, 0.15) is 19.9 Å². The third-order valence-corrected chi connectivity index (χ3v) is 6.28. The van der Waals surface area contributed by atoms with Gasteiger partial charge in [-0.05, 0) is 26.0 Å². The maximum atomic E-state index is 12.0. The number of pyridine rings is 1. The number of aromatic nitrogens is 6. The Morgan fingerprint density at radius 1 is 1.09 bits per heavy atom. The van der Waals surface area contributed by atoms with Crippen molar-refractivity contribution in [1.29, 1.82) is 0 Å². The average molecular weight is 466 g/mol. The predicted octanol–water partition coefficient (Wildman–Crippen LogP) is 1.39. The highest BCUT2D eigenvalue weighted by molar-refractivity contribution is 5.77. The number of fused-ring (bicyclic) bond motifs is 3. The zero-order valence-corrected chi connectivity index (χ0v) is 20.2. The summed E-state index contributed by atoms with van der Waals surface area (Å²) in [4.78, 5) is 32.3. The largest absolute Gasteiger partial charge is 0.475 e. The van der Waals surface area contributed by atoms with E-state index in [0.29, 0.717) is 25.6 Å². The van der Waals surface area contributed by atoms with Crippen molar-refractivity contribution in [2.24, 2.45) is 0 Å². The van der Waals surface area contributed by atoms with Crippen molar-refractivity contribution in [3.05, 3.63) is 24.7 Å². The number of hydrogen-bond acceptors (Lipinski definition) is 8. The molecule has 0 N–H and O–H groups in total. The minimum absolute atomic E-state index is 0.131. The van der Waals surface area contributed by atoms with Crippen LogP contribution in [0.15, 0.2) is 24.7 Å². The topological polar surface area (TPSA) is 97.4 Å². The lowest BCUT2D eigenvalue weighted by atomic mass is 10.2. The smallest absolute Gasteiger partial charge is 0.236 e. The van der Waals surface area contributed by atoms with Gasteiger partial charge in [0.25, 0.3) is 0 Å². The molecule has 5 rings (SSSR count). The van der Waals surface area contributed by atoms with E-state index in [1.54, 1.807) is 25.3 Å². The van der Waals surface area contributed by atoms with Gasteiger partial charge in [-0.25, -0.2) is 14.6 Å². The van der Waals surface area contributed by atoms with Crippen LogP contribution >= 0.6 is 0 Å². The van der Waals surface area contributed by atoms with E-state index < -0.39 is 0 Å². The van der Waals surface area contributed by atoms with Gasteiger partial charge in [0.05, 0.1) is 18.7 Å². The maximum absolute atomic E-state index is 12.0. The first-order valence-corrected chi connectivity index (χ1v) is 11.7. The number of carbonyl (C=O) groups excluding carboxylic acids is 1. The Morgan fingerprint density at radius 2 is 1.88 bits per heavy atom. The third kappa shape index (κ3) is 4.23. The van der Waals surface area contributed by atoms with E-state index in [2.05, 4.69) is 38.3 Å². The normalized spacial score (nSPS) is 16.1. The number of anilines is 1. The molecule has 1 saturated heterocycles.